The molecule has 0 aromatic carbocycles. The molecule has 0 N–H and O–H groups in total. The summed E-state index contributed by atoms with van der Waals surface area (Å²) in [7, 11) is 3.54. The number of hydrogen-bond donors (Lipinski definition) is 0. The van der Waals surface area contributed by atoms with Crippen molar-refractivity contribution in [1.29, 1.82) is 0 Å². The van der Waals surface area contributed by atoms with Crippen LogP contribution in [0.3, 0.4) is 0 Å². The number of nitrogens with zero attached hydrogens (tertiary/aromatic N) is 4. The fraction of sp³-hybridized carbons (Fsp3) is 0.692. The van der Waals surface area contributed by atoms with Crippen LogP contribution in [0.15, 0.2) is 24.4 Å². The maximum absolute atomic E-state index is 13.8. The first-order chi connectivity index (χ1) is 15.8. The summed E-state index contributed by atoms with van der Waals surface area (Å²) in [6.45, 7) is 4.35. The molecule has 180 valence electrons. The third-order valence-electron chi connectivity index (χ3n) is 8.15. The number of likely N-dealkylation sites (tertiary alicyclic amines) is 2. The van der Waals surface area contributed by atoms with Crippen LogP contribution in [0.1, 0.15) is 64.0 Å². The predicted octanol–water partition coefficient (Wildman–Crippen LogP) is 2.85. The van der Waals surface area contributed by atoms with E-state index in [2.05, 4.69) is 4.98 Å². The molecule has 7 heteroatoms. The summed E-state index contributed by atoms with van der Waals surface area (Å²) >= 11 is 0. The molecule has 0 radical (unpaired) electrons. The van der Waals surface area contributed by atoms with Crippen molar-refractivity contribution in [2.75, 3.05) is 40.3 Å². The van der Waals surface area contributed by atoms with E-state index in [4.69, 9.17) is 0 Å². The molecule has 33 heavy (non-hydrogen) atoms. The molecule has 1 saturated carbocycles. The van der Waals surface area contributed by atoms with Crippen molar-refractivity contribution < 1.29 is 14.4 Å². The van der Waals surface area contributed by atoms with E-state index in [1.807, 2.05) is 34.9 Å². The van der Waals surface area contributed by atoms with Crippen LogP contribution in [0.5, 0.6) is 0 Å². The molecule has 3 fully saturated rings. The molecule has 7 nitrogen and oxygen atoms in total. The van der Waals surface area contributed by atoms with Gasteiger partial charge in [-0.2, -0.15) is 0 Å². The number of amides is 3. The molecule has 1 atom stereocenters. The van der Waals surface area contributed by atoms with Crippen LogP contribution >= 0.6 is 0 Å². The van der Waals surface area contributed by atoms with Crippen molar-refractivity contribution >= 4 is 17.7 Å². The Morgan fingerprint density at radius 2 is 1.67 bits per heavy atom. The molecule has 3 aliphatic rings. The molecule has 2 saturated heterocycles. The maximum atomic E-state index is 13.8. The average Bonchev–Trinajstić information content (AvgIpc) is 3.38. The quantitative estimate of drug-likeness (QED) is 0.701. The number of carbonyl (C=O) groups is 3. The van der Waals surface area contributed by atoms with Gasteiger partial charge in [-0.05, 0) is 50.7 Å². The molecule has 1 unspecified atom stereocenters. The van der Waals surface area contributed by atoms with Crippen molar-refractivity contribution in [1.82, 2.24) is 19.7 Å². The lowest BCUT2D eigenvalue weighted by molar-refractivity contribution is -0.152. The van der Waals surface area contributed by atoms with Gasteiger partial charge in [-0.25, -0.2) is 0 Å². The van der Waals surface area contributed by atoms with Gasteiger partial charge in [-0.3, -0.25) is 19.4 Å². The monoisotopic (exact) mass is 454 g/mol. The number of rotatable bonds is 4. The number of pyridine rings is 1. The van der Waals surface area contributed by atoms with Crippen molar-refractivity contribution in [3.8, 4) is 0 Å². The van der Waals surface area contributed by atoms with Crippen LogP contribution in [0, 0.1) is 11.3 Å². The van der Waals surface area contributed by atoms with Gasteiger partial charge in [-0.15, -0.1) is 0 Å². The lowest BCUT2D eigenvalue weighted by Gasteiger charge is -2.47. The Labute approximate surface area is 197 Å². The van der Waals surface area contributed by atoms with Gasteiger partial charge in [0, 0.05) is 57.8 Å². The van der Waals surface area contributed by atoms with Gasteiger partial charge >= 0.3 is 0 Å². The normalized spacial score (nSPS) is 25.7. The van der Waals surface area contributed by atoms with Gasteiger partial charge in [0.1, 0.15) is 5.41 Å². The van der Waals surface area contributed by atoms with Crippen LogP contribution < -0.4 is 0 Å². The van der Waals surface area contributed by atoms with Gasteiger partial charge in [0.25, 0.3) is 0 Å². The van der Waals surface area contributed by atoms with Crippen molar-refractivity contribution in [3.63, 3.8) is 0 Å². The van der Waals surface area contributed by atoms with Crippen molar-refractivity contribution in [3.05, 3.63) is 30.1 Å². The maximum Gasteiger partial charge on any atom is 0.236 e. The number of aromatic nitrogens is 1. The highest BCUT2D eigenvalue weighted by Crippen LogP contribution is 2.39. The minimum atomic E-state index is -0.811. The second kappa shape index (κ2) is 9.43. The van der Waals surface area contributed by atoms with Crippen LogP contribution in [-0.2, 0) is 19.8 Å². The Kier molecular flexibility index (Phi) is 6.78. The van der Waals surface area contributed by atoms with Crippen LogP contribution in [0.2, 0.25) is 0 Å². The summed E-state index contributed by atoms with van der Waals surface area (Å²) in [5.41, 5.74) is -0.571. The SMILES string of the molecule is CN(C)C(=O)C1(c2ccccn2)CCCN(C(=O)C2(C)CCN(C(=O)C3CCCC3)CC2)C1. The van der Waals surface area contributed by atoms with E-state index in [9.17, 15) is 14.4 Å². The molecular formula is C26H38N4O3. The molecule has 1 aromatic rings. The fourth-order valence-electron chi connectivity index (χ4n) is 6.04. The van der Waals surface area contributed by atoms with E-state index < -0.39 is 10.8 Å². The first kappa shape index (κ1) is 23.7. The molecule has 2 aliphatic heterocycles. The lowest BCUT2D eigenvalue weighted by atomic mass is 9.73. The molecule has 0 bridgehead atoms. The zero-order valence-corrected chi connectivity index (χ0v) is 20.4. The first-order valence-corrected chi connectivity index (χ1v) is 12.5. The largest absolute Gasteiger partial charge is 0.348 e. The smallest absolute Gasteiger partial charge is 0.236 e. The summed E-state index contributed by atoms with van der Waals surface area (Å²) in [6, 6.07) is 5.67. The second-order valence-corrected chi connectivity index (χ2v) is 10.7. The Balaban J connectivity index is 1.48. The van der Waals surface area contributed by atoms with Gasteiger partial charge < -0.3 is 14.7 Å². The number of piperidine rings is 2. The summed E-state index contributed by atoms with van der Waals surface area (Å²) in [5.74, 6) is 0.580. The highest BCUT2D eigenvalue weighted by molar-refractivity contribution is 5.90. The molecule has 1 aliphatic carbocycles. The Bertz CT molecular complexity index is 873. The van der Waals surface area contributed by atoms with Gasteiger partial charge in [0.2, 0.25) is 17.7 Å². The molecule has 4 rings (SSSR count). The Morgan fingerprint density at radius 1 is 0.970 bits per heavy atom. The number of carbonyl (C=O) groups excluding carboxylic acids is 3. The summed E-state index contributed by atoms with van der Waals surface area (Å²) in [4.78, 5) is 50.1. The van der Waals surface area contributed by atoms with Crippen molar-refractivity contribution in [2.24, 2.45) is 11.3 Å². The van der Waals surface area contributed by atoms with Gasteiger partial charge in [0.05, 0.1) is 5.69 Å². The summed E-state index contributed by atoms with van der Waals surface area (Å²) < 4.78 is 0. The van der Waals surface area contributed by atoms with Crippen molar-refractivity contribution in [2.45, 2.75) is 63.7 Å². The second-order valence-electron chi connectivity index (χ2n) is 10.7. The van der Waals surface area contributed by atoms with E-state index in [0.717, 1.165) is 37.8 Å². The summed E-state index contributed by atoms with van der Waals surface area (Å²) in [6.07, 6.45) is 8.86. The highest BCUT2D eigenvalue weighted by Gasteiger charge is 2.49. The first-order valence-electron chi connectivity index (χ1n) is 12.5. The number of likely N-dealkylation sites (N-methyl/N-ethyl adjacent to an activating group) is 1. The molecule has 3 heterocycles. The molecule has 0 spiro atoms. The Morgan fingerprint density at radius 3 is 2.27 bits per heavy atom. The highest BCUT2D eigenvalue weighted by atomic mass is 16.2. The summed E-state index contributed by atoms with van der Waals surface area (Å²) in [5, 5.41) is 0. The molecule has 1 aromatic heterocycles. The van der Waals surface area contributed by atoms with Gasteiger partial charge in [-0.1, -0.05) is 25.8 Å². The van der Waals surface area contributed by atoms with E-state index in [1.54, 1.807) is 25.2 Å². The number of hydrogen-bond acceptors (Lipinski definition) is 4. The zero-order valence-electron chi connectivity index (χ0n) is 20.4. The standard InChI is InChI=1S/C26H38N4O3/c1-25(13-17-29(18-14-25)22(31)20-9-4-5-10-20)23(32)30-16-8-12-26(19-30,24(33)28(2)3)21-11-6-7-15-27-21/h6-7,11,15,20H,4-5,8-10,12-14,16-19H2,1-3H3. The fourth-order valence-corrected chi connectivity index (χ4v) is 6.04. The predicted molar refractivity (Wildman–Crippen MR) is 126 cm³/mol. The third-order valence-corrected chi connectivity index (χ3v) is 8.15. The average molecular weight is 455 g/mol. The topological polar surface area (TPSA) is 73.8 Å². The zero-order chi connectivity index (χ0) is 23.6. The Hall–Kier alpha value is -2.44. The minimum Gasteiger partial charge on any atom is -0.348 e. The third kappa shape index (κ3) is 4.51. The molecular weight excluding hydrogens is 416 g/mol. The van der Waals surface area contributed by atoms with E-state index in [0.29, 0.717) is 45.4 Å². The van der Waals surface area contributed by atoms with E-state index in [1.165, 1.54) is 0 Å². The van der Waals surface area contributed by atoms with E-state index >= 15 is 0 Å². The van der Waals surface area contributed by atoms with E-state index in [-0.39, 0.29) is 23.6 Å². The molecule has 3 amide bonds. The minimum absolute atomic E-state index is 0.000771. The van der Waals surface area contributed by atoms with Gasteiger partial charge in [0.15, 0.2) is 0 Å². The van der Waals surface area contributed by atoms with Crippen LogP contribution in [0.25, 0.3) is 0 Å². The lowest BCUT2D eigenvalue weighted by Crippen LogP contribution is -2.59. The van der Waals surface area contributed by atoms with Crippen LogP contribution in [-0.4, -0.2) is 77.7 Å². The van der Waals surface area contributed by atoms with Crippen LogP contribution in [0.4, 0.5) is 0 Å².